The minimum absolute atomic E-state index is 0.265. The van der Waals surface area contributed by atoms with Crippen molar-refractivity contribution in [2.24, 2.45) is 0 Å². The summed E-state index contributed by atoms with van der Waals surface area (Å²) in [5.74, 6) is -3.76. The quantitative estimate of drug-likeness (QED) is 0.881. The van der Waals surface area contributed by atoms with Gasteiger partial charge < -0.3 is 10.0 Å². The summed E-state index contributed by atoms with van der Waals surface area (Å²) in [6.45, 7) is -1.54. The summed E-state index contributed by atoms with van der Waals surface area (Å²) in [7, 11) is 0. The Hall–Kier alpha value is -2.00. The molecule has 0 aliphatic carbocycles. The lowest BCUT2D eigenvalue weighted by molar-refractivity contribution is -0.136. The third kappa shape index (κ3) is 2.56. The number of aliphatic hydroxyl groups is 1. The van der Waals surface area contributed by atoms with E-state index in [-0.39, 0.29) is 5.56 Å². The zero-order chi connectivity index (χ0) is 14.0. The number of benzene rings is 1. The summed E-state index contributed by atoms with van der Waals surface area (Å²) in [6.07, 6.45) is -0.530. The molecule has 0 bridgehead atoms. The van der Waals surface area contributed by atoms with E-state index in [1.807, 2.05) is 6.07 Å². The molecule has 0 spiro atoms. The molecule has 4 nitrogen and oxygen atoms in total. The van der Waals surface area contributed by atoms with Crippen LogP contribution in [0.2, 0.25) is 0 Å². The molecule has 19 heavy (non-hydrogen) atoms. The van der Waals surface area contributed by atoms with Gasteiger partial charge in [-0.25, -0.2) is 8.78 Å². The predicted octanol–water partition coefficient (Wildman–Crippen LogP) is 1.46. The molecular weight excluding hydrogens is 254 g/mol. The first-order valence-electron chi connectivity index (χ1n) is 5.75. The van der Waals surface area contributed by atoms with Crippen LogP contribution in [-0.4, -0.2) is 35.0 Å². The lowest BCUT2D eigenvalue weighted by Crippen LogP contribution is -2.35. The summed E-state index contributed by atoms with van der Waals surface area (Å²) >= 11 is 0. The Morgan fingerprint density at radius 2 is 2.21 bits per heavy atom. The van der Waals surface area contributed by atoms with E-state index in [0.717, 1.165) is 4.90 Å². The first-order chi connectivity index (χ1) is 8.98. The van der Waals surface area contributed by atoms with Crippen LogP contribution in [0.25, 0.3) is 0 Å². The fourth-order valence-electron chi connectivity index (χ4n) is 2.34. The highest BCUT2D eigenvalue weighted by Gasteiger charge is 2.47. The molecule has 0 aromatic heterocycles. The summed E-state index contributed by atoms with van der Waals surface area (Å²) in [5.41, 5.74) is 0.657. The van der Waals surface area contributed by atoms with Crippen molar-refractivity contribution in [1.82, 2.24) is 4.90 Å². The Bertz CT molecular complexity index is 540. The highest BCUT2D eigenvalue weighted by atomic mass is 19.3. The Morgan fingerprint density at radius 1 is 1.53 bits per heavy atom. The minimum Gasteiger partial charge on any atom is -0.387 e. The number of carbonyl (C=O) groups excluding carboxylic acids is 1. The van der Waals surface area contributed by atoms with Gasteiger partial charge in [-0.05, 0) is 11.6 Å². The van der Waals surface area contributed by atoms with E-state index in [0.29, 0.717) is 5.56 Å². The van der Waals surface area contributed by atoms with Gasteiger partial charge in [0.25, 0.3) is 5.92 Å². The average molecular weight is 266 g/mol. The van der Waals surface area contributed by atoms with Gasteiger partial charge in [0.15, 0.2) is 0 Å². The monoisotopic (exact) mass is 266 g/mol. The number of carbonyl (C=O) groups is 1. The minimum atomic E-state index is -3.00. The maximum atomic E-state index is 13.5. The largest absolute Gasteiger partial charge is 0.387 e. The zero-order valence-electron chi connectivity index (χ0n) is 10.0. The van der Waals surface area contributed by atoms with E-state index in [2.05, 4.69) is 0 Å². The number of aliphatic hydroxyl groups excluding tert-OH is 1. The van der Waals surface area contributed by atoms with Crippen LogP contribution in [0.3, 0.4) is 0 Å². The van der Waals surface area contributed by atoms with Crippen LogP contribution in [0.15, 0.2) is 24.3 Å². The summed E-state index contributed by atoms with van der Waals surface area (Å²) < 4.78 is 27.0. The van der Waals surface area contributed by atoms with Gasteiger partial charge in [0.05, 0.1) is 24.2 Å². The zero-order valence-corrected chi connectivity index (χ0v) is 10.0. The lowest BCUT2D eigenvalue weighted by atomic mass is 9.98. The van der Waals surface area contributed by atoms with Gasteiger partial charge in [0, 0.05) is 6.42 Å². The fraction of sp³-hybridized carbons (Fsp3) is 0.385. The Labute approximate surface area is 108 Å². The number of rotatable bonds is 2. The molecule has 0 radical (unpaired) electrons. The van der Waals surface area contributed by atoms with Gasteiger partial charge in [0.2, 0.25) is 5.91 Å². The molecule has 1 aliphatic heterocycles. The topological polar surface area (TPSA) is 64.3 Å². The SMILES string of the molecule is N#Cc1ccccc1C1CC(F)(F)CN1C(=O)CO. The smallest absolute Gasteiger partial charge is 0.267 e. The molecule has 6 heteroatoms. The molecule has 100 valence electrons. The first kappa shape index (κ1) is 13.4. The lowest BCUT2D eigenvalue weighted by Gasteiger charge is -2.24. The van der Waals surface area contributed by atoms with Crippen molar-refractivity contribution in [3.8, 4) is 6.07 Å². The van der Waals surface area contributed by atoms with Gasteiger partial charge in [-0.3, -0.25) is 4.79 Å². The molecule has 1 heterocycles. The average Bonchev–Trinajstić information content (AvgIpc) is 2.73. The fourth-order valence-corrected chi connectivity index (χ4v) is 2.34. The van der Waals surface area contributed by atoms with Crippen molar-refractivity contribution >= 4 is 5.91 Å². The van der Waals surface area contributed by atoms with Gasteiger partial charge in [-0.15, -0.1) is 0 Å². The number of likely N-dealkylation sites (tertiary alicyclic amines) is 1. The molecule has 1 saturated heterocycles. The number of hydrogen-bond donors (Lipinski definition) is 1. The normalized spacial score (nSPS) is 21.2. The molecule has 1 amide bonds. The Morgan fingerprint density at radius 3 is 2.84 bits per heavy atom. The summed E-state index contributed by atoms with van der Waals surface area (Å²) in [5, 5.41) is 17.9. The van der Waals surface area contributed by atoms with E-state index in [1.165, 1.54) is 6.07 Å². The van der Waals surface area contributed by atoms with Gasteiger partial charge in [0.1, 0.15) is 6.61 Å². The van der Waals surface area contributed by atoms with Crippen LogP contribution < -0.4 is 0 Å². The number of alkyl halides is 2. The van der Waals surface area contributed by atoms with Crippen LogP contribution in [0, 0.1) is 11.3 Å². The van der Waals surface area contributed by atoms with Crippen LogP contribution in [0.5, 0.6) is 0 Å². The van der Waals surface area contributed by atoms with Crippen LogP contribution in [-0.2, 0) is 4.79 Å². The van der Waals surface area contributed by atoms with E-state index in [1.54, 1.807) is 18.2 Å². The molecule has 1 atom stereocenters. The Kier molecular flexibility index (Phi) is 3.49. The van der Waals surface area contributed by atoms with Crippen molar-refractivity contribution in [2.45, 2.75) is 18.4 Å². The Balaban J connectivity index is 2.41. The highest BCUT2D eigenvalue weighted by Crippen LogP contribution is 2.41. The van der Waals surface area contributed by atoms with Crippen molar-refractivity contribution in [1.29, 1.82) is 5.26 Å². The van der Waals surface area contributed by atoms with E-state index in [4.69, 9.17) is 10.4 Å². The van der Waals surface area contributed by atoms with Crippen molar-refractivity contribution in [3.63, 3.8) is 0 Å². The van der Waals surface area contributed by atoms with Gasteiger partial charge >= 0.3 is 0 Å². The van der Waals surface area contributed by atoms with Crippen molar-refractivity contribution < 1.29 is 18.7 Å². The number of hydrogen-bond acceptors (Lipinski definition) is 3. The third-order valence-electron chi connectivity index (χ3n) is 3.17. The van der Waals surface area contributed by atoms with Gasteiger partial charge in [-0.1, -0.05) is 18.2 Å². The predicted molar refractivity (Wildman–Crippen MR) is 62.3 cm³/mol. The second-order valence-electron chi connectivity index (χ2n) is 4.45. The molecule has 2 rings (SSSR count). The number of nitriles is 1. The first-order valence-corrected chi connectivity index (χ1v) is 5.75. The standard InChI is InChI=1S/C13H12F2N2O2/c14-13(15)5-11(17(8-13)12(19)7-18)10-4-2-1-3-9(10)6-16/h1-4,11,18H,5,7-8H2. The van der Waals surface area contributed by atoms with Crippen molar-refractivity contribution in [2.75, 3.05) is 13.2 Å². The van der Waals surface area contributed by atoms with Crippen molar-refractivity contribution in [3.05, 3.63) is 35.4 Å². The van der Waals surface area contributed by atoms with Gasteiger partial charge in [-0.2, -0.15) is 5.26 Å². The van der Waals surface area contributed by atoms with Crippen LogP contribution in [0.1, 0.15) is 23.6 Å². The van der Waals surface area contributed by atoms with E-state index in [9.17, 15) is 13.6 Å². The second kappa shape index (κ2) is 4.94. The number of nitrogens with zero attached hydrogens (tertiary/aromatic N) is 2. The molecular formula is C13H12F2N2O2. The molecule has 1 aliphatic rings. The maximum absolute atomic E-state index is 13.5. The summed E-state index contributed by atoms with van der Waals surface area (Å²) in [4.78, 5) is 12.5. The molecule has 1 fully saturated rings. The number of halogens is 2. The van der Waals surface area contributed by atoms with E-state index >= 15 is 0 Å². The third-order valence-corrected chi connectivity index (χ3v) is 3.17. The van der Waals surface area contributed by atoms with E-state index < -0.39 is 37.4 Å². The maximum Gasteiger partial charge on any atom is 0.267 e. The van der Waals surface area contributed by atoms with Crippen LogP contribution in [0.4, 0.5) is 8.78 Å². The molecule has 1 aromatic rings. The molecule has 1 aromatic carbocycles. The van der Waals surface area contributed by atoms with Crippen LogP contribution >= 0.6 is 0 Å². The molecule has 0 saturated carbocycles. The summed E-state index contributed by atoms with van der Waals surface area (Å²) in [6, 6.07) is 7.41. The number of amides is 1. The second-order valence-corrected chi connectivity index (χ2v) is 4.45. The molecule has 1 unspecified atom stereocenters. The molecule has 1 N–H and O–H groups in total. The highest BCUT2D eigenvalue weighted by molar-refractivity contribution is 5.78.